The van der Waals surface area contributed by atoms with Crippen LogP contribution in [0.25, 0.3) is 21.1 Å². The quantitative estimate of drug-likeness (QED) is 0.506. The fourth-order valence-corrected chi connectivity index (χ4v) is 4.00. The van der Waals surface area contributed by atoms with E-state index in [1.54, 1.807) is 12.0 Å². The van der Waals surface area contributed by atoms with Crippen LogP contribution in [-0.4, -0.2) is 24.5 Å². The van der Waals surface area contributed by atoms with E-state index in [1.807, 2.05) is 61.5 Å². The largest absolute Gasteiger partial charge is 0.497 e. The Morgan fingerprint density at radius 2 is 1.88 bits per heavy atom. The van der Waals surface area contributed by atoms with Crippen LogP contribution in [0.1, 0.15) is 16.6 Å². The number of anilines is 1. The van der Waals surface area contributed by atoms with Crippen molar-refractivity contribution >= 4 is 44.1 Å². The van der Waals surface area contributed by atoms with Crippen molar-refractivity contribution < 1.29 is 9.53 Å². The first-order valence-electron chi connectivity index (χ1n) is 8.45. The van der Waals surface area contributed by atoms with E-state index < -0.39 is 0 Å². The molecule has 2 aromatic heterocycles. The van der Waals surface area contributed by atoms with E-state index in [4.69, 9.17) is 9.72 Å². The first-order chi connectivity index (χ1) is 12.7. The topological polar surface area (TPSA) is 42.4 Å². The van der Waals surface area contributed by atoms with Gasteiger partial charge in [0.1, 0.15) is 10.6 Å². The number of thiophene rings is 1. The number of amides is 1. The van der Waals surface area contributed by atoms with Gasteiger partial charge < -0.3 is 9.64 Å². The van der Waals surface area contributed by atoms with Crippen molar-refractivity contribution in [2.75, 3.05) is 18.6 Å². The van der Waals surface area contributed by atoms with Gasteiger partial charge in [0.15, 0.2) is 0 Å². The summed E-state index contributed by atoms with van der Waals surface area (Å²) < 4.78 is 5.29. The van der Waals surface area contributed by atoms with Crippen molar-refractivity contribution in [1.82, 2.24) is 4.98 Å². The van der Waals surface area contributed by atoms with Gasteiger partial charge in [0.2, 0.25) is 0 Å². The number of fused-ring (bicyclic) bond motifs is 2. The predicted molar refractivity (Wildman–Crippen MR) is 107 cm³/mol. The molecule has 2 aromatic carbocycles. The molecule has 0 aliphatic heterocycles. The van der Waals surface area contributed by atoms with Crippen molar-refractivity contribution in [3.8, 4) is 5.75 Å². The van der Waals surface area contributed by atoms with Crippen LogP contribution < -0.4 is 9.64 Å². The van der Waals surface area contributed by atoms with E-state index >= 15 is 0 Å². The molecule has 0 N–H and O–H groups in total. The summed E-state index contributed by atoms with van der Waals surface area (Å²) in [5.74, 6) is 0.801. The number of hydrogen-bond acceptors (Lipinski definition) is 4. The van der Waals surface area contributed by atoms with Crippen molar-refractivity contribution in [1.29, 1.82) is 0 Å². The number of carbonyl (C=O) groups excluding carboxylic acids is 1. The van der Waals surface area contributed by atoms with Crippen LogP contribution in [0.4, 0.5) is 5.69 Å². The number of nitrogens with zero attached hydrogens (tertiary/aromatic N) is 2. The van der Waals surface area contributed by atoms with E-state index in [-0.39, 0.29) is 5.91 Å². The average molecular weight is 362 g/mol. The van der Waals surface area contributed by atoms with Crippen LogP contribution in [0.5, 0.6) is 5.75 Å². The summed E-state index contributed by atoms with van der Waals surface area (Å²) in [6.07, 6.45) is 0. The highest BCUT2D eigenvalue weighted by atomic mass is 32.1. The smallest absolute Gasteiger partial charge is 0.268 e. The molecule has 1 amide bonds. The summed E-state index contributed by atoms with van der Waals surface area (Å²) in [6.45, 7) is 2.60. The summed E-state index contributed by atoms with van der Waals surface area (Å²) in [7, 11) is 1.65. The Labute approximate surface area is 155 Å². The lowest BCUT2D eigenvalue weighted by molar-refractivity contribution is 0.0992. The molecule has 4 rings (SSSR count). The molecular weight excluding hydrogens is 344 g/mol. The van der Waals surface area contributed by atoms with Gasteiger partial charge in [-0.2, -0.15) is 0 Å². The Hall–Kier alpha value is -2.92. The SMILES string of the molecule is CCN(C(=O)c1cc2cc3cc(OC)ccc3nc2s1)c1ccccc1. The minimum absolute atomic E-state index is 0.00309. The van der Waals surface area contributed by atoms with Crippen LogP contribution in [0.3, 0.4) is 0 Å². The molecular formula is C21H18N2O2S. The Morgan fingerprint density at radius 3 is 2.62 bits per heavy atom. The second-order valence-corrected chi connectivity index (χ2v) is 6.97. The summed E-state index contributed by atoms with van der Waals surface area (Å²) in [5, 5.41) is 1.98. The van der Waals surface area contributed by atoms with Gasteiger partial charge in [-0.1, -0.05) is 18.2 Å². The lowest BCUT2D eigenvalue weighted by Gasteiger charge is -2.20. The lowest BCUT2D eigenvalue weighted by Crippen LogP contribution is -2.29. The zero-order chi connectivity index (χ0) is 18.1. The van der Waals surface area contributed by atoms with Gasteiger partial charge in [-0.25, -0.2) is 4.98 Å². The molecule has 26 heavy (non-hydrogen) atoms. The second-order valence-electron chi connectivity index (χ2n) is 5.94. The fourth-order valence-electron chi connectivity index (χ4n) is 3.03. The maximum atomic E-state index is 13.0. The van der Waals surface area contributed by atoms with Crippen LogP contribution >= 0.6 is 11.3 Å². The third kappa shape index (κ3) is 2.91. The molecule has 0 saturated heterocycles. The monoisotopic (exact) mass is 362 g/mol. The van der Waals surface area contributed by atoms with Gasteiger partial charge in [0, 0.05) is 23.0 Å². The van der Waals surface area contributed by atoms with Gasteiger partial charge >= 0.3 is 0 Å². The maximum absolute atomic E-state index is 13.0. The molecule has 0 bridgehead atoms. The molecule has 4 nitrogen and oxygen atoms in total. The molecule has 0 aliphatic carbocycles. The first-order valence-corrected chi connectivity index (χ1v) is 9.26. The predicted octanol–water partition coefficient (Wildman–Crippen LogP) is 5.12. The van der Waals surface area contributed by atoms with Crippen LogP contribution in [0, 0.1) is 0 Å². The number of pyridine rings is 1. The Kier molecular flexibility index (Phi) is 4.31. The van der Waals surface area contributed by atoms with Crippen molar-refractivity contribution in [2.24, 2.45) is 0 Å². The summed E-state index contributed by atoms with van der Waals surface area (Å²) in [4.78, 5) is 21.1. The number of hydrogen-bond donors (Lipinski definition) is 0. The van der Waals surface area contributed by atoms with Crippen molar-refractivity contribution in [3.63, 3.8) is 0 Å². The number of para-hydroxylation sites is 1. The van der Waals surface area contributed by atoms with Gasteiger partial charge in [0.25, 0.3) is 5.91 Å². The molecule has 0 aliphatic rings. The van der Waals surface area contributed by atoms with Crippen molar-refractivity contribution in [3.05, 3.63) is 65.5 Å². The van der Waals surface area contributed by atoms with Crippen LogP contribution in [-0.2, 0) is 0 Å². The lowest BCUT2D eigenvalue weighted by atomic mass is 10.2. The third-order valence-electron chi connectivity index (χ3n) is 4.35. The van der Waals surface area contributed by atoms with Crippen LogP contribution in [0.2, 0.25) is 0 Å². The molecule has 0 fully saturated rings. The molecule has 5 heteroatoms. The molecule has 0 unspecified atom stereocenters. The number of carbonyl (C=O) groups is 1. The molecule has 2 heterocycles. The Balaban J connectivity index is 1.76. The van der Waals surface area contributed by atoms with E-state index in [0.717, 1.165) is 32.6 Å². The second kappa shape index (κ2) is 6.77. The van der Waals surface area contributed by atoms with E-state index in [1.165, 1.54) is 11.3 Å². The van der Waals surface area contributed by atoms with Crippen LogP contribution in [0.15, 0.2) is 60.7 Å². The van der Waals surface area contributed by atoms with Gasteiger partial charge in [-0.05, 0) is 49.4 Å². The van der Waals surface area contributed by atoms with Gasteiger partial charge in [-0.3, -0.25) is 4.79 Å². The minimum atomic E-state index is 0.00309. The highest BCUT2D eigenvalue weighted by Crippen LogP contribution is 2.30. The highest BCUT2D eigenvalue weighted by Gasteiger charge is 2.19. The van der Waals surface area contributed by atoms with E-state index in [0.29, 0.717) is 11.4 Å². The normalized spacial score (nSPS) is 11.0. The summed E-state index contributed by atoms with van der Waals surface area (Å²) >= 11 is 1.43. The third-order valence-corrected chi connectivity index (χ3v) is 5.38. The maximum Gasteiger partial charge on any atom is 0.268 e. The highest BCUT2D eigenvalue weighted by molar-refractivity contribution is 7.20. The molecule has 0 spiro atoms. The zero-order valence-electron chi connectivity index (χ0n) is 14.6. The number of methoxy groups -OCH3 is 1. The molecule has 0 atom stereocenters. The molecule has 130 valence electrons. The average Bonchev–Trinajstić information content (AvgIpc) is 3.10. The van der Waals surface area contributed by atoms with Gasteiger partial charge in [0.05, 0.1) is 17.5 Å². The van der Waals surface area contributed by atoms with E-state index in [9.17, 15) is 4.79 Å². The number of ether oxygens (including phenoxy) is 1. The number of rotatable bonds is 4. The van der Waals surface area contributed by atoms with E-state index in [2.05, 4.69) is 6.07 Å². The minimum Gasteiger partial charge on any atom is -0.497 e. The van der Waals surface area contributed by atoms with Crippen molar-refractivity contribution in [2.45, 2.75) is 6.92 Å². The first kappa shape index (κ1) is 16.5. The molecule has 0 saturated carbocycles. The molecule has 4 aromatic rings. The zero-order valence-corrected chi connectivity index (χ0v) is 15.4. The number of aromatic nitrogens is 1. The summed E-state index contributed by atoms with van der Waals surface area (Å²) in [6, 6.07) is 19.5. The Bertz CT molecular complexity index is 1090. The summed E-state index contributed by atoms with van der Waals surface area (Å²) in [5.41, 5.74) is 1.80. The van der Waals surface area contributed by atoms with Gasteiger partial charge in [-0.15, -0.1) is 11.3 Å². The molecule has 0 radical (unpaired) electrons. The Morgan fingerprint density at radius 1 is 1.08 bits per heavy atom. The number of benzene rings is 2. The fraction of sp³-hybridized carbons (Fsp3) is 0.143. The standard InChI is InChI=1S/C21H18N2O2S/c1-3-23(16-7-5-4-6-8-16)21(24)19-13-15-11-14-12-17(25-2)9-10-18(14)22-20(15)26-19/h4-13H,3H2,1-2H3.